The van der Waals surface area contributed by atoms with Gasteiger partial charge >= 0.3 is 0 Å². The van der Waals surface area contributed by atoms with E-state index in [9.17, 15) is 0 Å². The van der Waals surface area contributed by atoms with Crippen molar-refractivity contribution in [3.05, 3.63) is 0 Å². The molecule has 0 saturated carbocycles. The van der Waals surface area contributed by atoms with Gasteiger partial charge in [0.2, 0.25) is 0 Å². The first-order valence-corrected chi connectivity index (χ1v) is 6.75. The second kappa shape index (κ2) is 4.27. The van der Waals surface area contributed by atoms with Gasteiger partial charge in [-0.3, -0.25) is 10.0 Å². The summed E-state index contributed by atoms with van der Waals surface area (Å²) in [5.41, 5.74) is 0. The zero-order valence-electron chi connectivity index (χ0n) is 7.24. The zero-order chi connectivity index (χ0) is 7.33. The molecule has 0 radical (unpaired) electrons. The summed E-state index contributed by atoms with van der Waals surface area (Å²) in [7, 11) is 1.22. The molecule has 56 valence electrons. The minimum absolute atomic E-state index is 0.196. The highest BCUT2D eigenvalue weighted by Crippen LogP contribution is 2.34. The number of rotatable bonds is 4. The highest BCUT2D eigenvalue weighted by atomic mass is 32.3. The van der Waals surface area contributed by atoms with Gasteiger partial charge in [0, 0.05) is 0 Å². The Kier molecular flexibility index (Phi) is 4.46. The van der Waals surface area contributed by atoms with Gasteiger partial charge in [0.05, 0.1) is 0 Å². The summed E-state index contributed by atoms with van der Waals surface area (Å²) in [4.78, 5) is 0. The third-order valence-electron chi connectivity index (χ3n) is 1.36. The van der Waals surface area contributed by atoms with Crippen LogP contribution in [-0.4, -0.2) is 31.8 Å². The van der Waals surface area contributed by atoms with E-state index in [1.165, 1.54) is 25.7 Å². The molecule has 0 spiro atoms. The topological polar surface area (TPSA) is 0 Å². The van der Waals surface area contributed by atoms with Crippen LogP contribution < -0.4 is 0 Å². The highest BCUT2D eigenvalue weighted by Gasteiger charge is 2.01. The van der Waals surface area contributed by atoms with Crippen LogP contribution in [0.25, 0.3) is 0 Å². The summed E-state index contributed by atoms with van der Waals surface area (Å²) < 4.78 is 0. The molecular weight excluding hydrogens is 127 g/mol. The average Bonchev–Trinajstić information content (AvgIpc) is 1.63. The Morgan fingerprint density at radius 3 is 2.11 bits per heavy atom. The average molecular weight is 146 g/mol. The lowest BCUT2D eigenvalue weighted by Gasteiger charge is -2.24. The van der Waals surface area contributed by atoms with E-state index in [4.69, 9.17) is 0 Å². The lowest BCUT2D eigenvalue weighted by atomic mass is 9.73. The Hall–Kier alpha value is 0.415. The van der Waals surface area contributed by atoms with Crippen molar-refractivity contribution >= 4 is 17.3 Å². The predicted molar refractivity (Wildman–Crippen MR) is 52.7 cm³/mol. The molecule has 0 N–H and O–H groups in total. The summed E-state index contributed by atoms with van der Waals surface area (Å²) >= 11 is 0. The van der Waals surface area contributed by atoms with Gasteiger partial charge in [-0.15, -0.1) is 0 Å². The smallest absolute Gasteiger partial charge is 0.121 e. The fraction of sp³-hybridized carbons (Fsp3) is 1.00. The van der Waals surface area contributed by atoms with Gasteiger partial charge in [0.15, 0.2) is 0 Å². The SMILES string of the molecule is CCBCCS(C)(C)C. The molecule has 0 atom stereocenters. The van der Waals surface area contributed by atoms with Crippen LogP contribution in [0.2, 0.25) is 12.6 Å². The van der Waals surface area contributed by atoms with E-state index in [2.05, 4.69) is 25.7 Å². The standard InChI is InChI=1S/C7H19BS/c1-5-8-6-7-9(2,3)4/h8H,5-7H2,1-4H3. The monoisotopic (exact) mass is 146 g/mol. The summed E-state index contributed by atoms with van der Waals surface area (Å²) in [6, 6.07) is 0. The Morgan fingerprint density at radius 2 is 1.78 bits per heavy atom. The third kappa shape index (κ3) is 8.41. The van der Waals surface area contributed by atoms with Crippen molar-refractivity contribution in [1.82, 2.24) is 0 Å². The van der Waals surface area contributed by atoms with E-state index < -0.39 is 0 Å². The molecule has 0 aromatic rings. The van der Waals surface area contributed by atoms with E-state index in [1.807, 2.05) is 0 Å². The Labute approximate surface area is 62.0 Å². The van der Waals surface area contributed by atoms with E-state index in [0.29, 0.717) is 0 Å². The maximum Gasteiger partial charge on any atom is 0.121 e. The summed E-state index contributed by atoms with van der Waals surface area (Å²) in [6.07, 6.45) is 9.97. The number of hydrogen-bond donors (Lipinski definition) is 0. The molecule has 9 heavy (non-hydrogen) atoms. The molecule has 0 amide bonds. The molecule has 0 aliphatic rings. The van der Waals surface area contributed by atoms with Crippen LogP contribution in [0.15, 0.2) is 0 Å². The van der Waals surface area contributed by atoms with Gasteiger partial charge < -0.3 is 0 Å². The van der Waals surface area contributed by atoms with Gasteiger partial charge in [0.25, 0.3) is 0 Å². The lowest BCUT2D eigenvalue weighted by Crippen LogP contribution is -2.00. The van der Waals surface area contributed by atoms with Gasteiger partial charge in [-0.05, 0) is 24.5 Å². The molecule has 0 aromatic carbocycles. The van der Waals surface area contributed by atoms with Crippen molar-refractivity contribution in [3.8, 4) is 0 Å². The van der Waals surface area contributed by atoms with Crippen molar-refractivity contribution in [2.75, 3.05) is 24.5 Å². The van der Waals surface area contributed by atoms with E-state index in [1.54, 1.807) is 0 Å². The maximum absolute atomic E-state index is 2.39. The zero-order valence-corrected chi connectivity index (χ0v) is 8.05. The summed E-state index contributed by atoms with van der Waals surface area (Å²) in [5, 5.41) is 0. The molecule has 2 heteroatoms. The summed E-state index contributed by atoms with van der Waals surface area (Å²) in [6.45, 7) is 2.26. The fourth-order valence-electron chi connectivity index (χ4n) is 0.785. The van der Waals surface area contributed by atoms with E-state index in [0.717, 1.165) is 0 Å². The second-order valence-electron chi connectivity index (χ2n) is 3.50. The second-order valence-corrected chi connectivity index (χ2v) is 8.09. The molecule has 0 aliphatic carbocycles. The third-order valence-corrected chi connectivity index (χ3v) is 2.87. The first kappa shape index (κ1) is 9.41. The molecule has 0 nitrogen and oxygen atoms in total. The Balaban J connectivity index is 3.07. The molecule has 0 heterocycles. The van der Waals surface area contributed by atoms with Crippen LogP contribution >= 0.6 is 10.0 Å². The van der Waals surface area contributed by atoms with Gasteiger partial charge in [-0.1, -0.05) is 19.6 Å². The number of hydrogen-bond acceptors (Lipinski definition) is 0. The van der Waals surface area contributed by atoms with Crippen LogP contribution in [0, 0.1) is 0 Å². The quantitative estimate of drug-likeness (QED) is 0.420. The summed E-state index contributed by atoms with van der Waals surface area (Å²) in [5.74, 6) is 1.46. The Bertz CT molecular complexity index is 65.8. The molecule has 0 fully saturated rings. The molecule has 0 aliphatic heterocycles. The maximum atomic E-state index is 2.39. The van der Waals surface area contributed by atoms with Crippen LogP contribution in [0.3, 0.4) is 0 Å². The molecular formula is C7H19BS. The largest absolute Gasteiger partial charge is 0.250 e. The fourth-order valence-corrected chi connectivity index (χ4v) is 1.86. The van der Waals surface area contributed by atoms with Crippen LogP contribution in [0.4, 0.5) is 0 Å². The van der Waals surface area contributed by atoms with E-state index in [-0.39, 0.29) is 10.0 Å². The Morgan fingerprint density at radius 1 is 1.22 bits per heavy atom. The van der Waals surface area contributed by atoms with Gasteiger partial charge in [-0.25, -0.2) is 0 Å². The molecule has 0 saturated heterocycles. The van der Waals surface area contributed by atoms with Crippen LogP contribution in [0.5, 0.6) is 0 Å². The molecule has 0 bridgehead atoms. The first-order valence-electron chi connectivity index (χ1n) is 3.72. The van der Waals surface area contributed by atoms with Crippen molar-refractivity contribution in [2.24, 2.45) is 0 Å². The van der Waals surface area contributed by atoms with Crippen molar-refractivity contribution in [1.29, 1.82) is 0 Å². The van der Waals surface area contributed by atoms with Crippen molar-refractivity contribution in [3.63, 3.8) is 0 Å². The molecule has 0 unspecified atom stereocenters. The van der Waals surface area contributed by atoms with Gasteiger partial charge in [-0.2, -0.15) is 0 Å². The van der Waals surface area contributed by atoms with Crippen LogP contribution in [-0.2, 0) is 0 Å². The highest BCUT2D eigenvalue weighted by molar-refractivity contribution is 8.32. The van der Waals surface area contributed by atoms with Crippen molar-refractivity contribution in [2.45, 2.75) is 19.6 Å². The first-order chi connectivity index (χ1) is 4.06. The minimum atomic E-state index is -0.196. The molecule has 0 aromatic heterocycles. The lowest BCUT2D eigenvalue weighted by molar-refractivity contribution is 1.36. The van der Waals surface area contributed by atoms with E-state index >= 15 is 0 Å². The minimum Gasteiger partial charge on any atom is -0.250 e. The van der Waals surface area contributed by atoms with Crippen molar-refractivity contribution < 1.29 is 0 Å². The van der Waals surface area contributed by atoms with Gasteiger partial charge in [0.1, 0.15) is 7.28 Å². The molecule has 0 rings (SSSR count). The normalized spacial score (nSPS) is 13.3. The van der Waals surface area contributed by atoms with Crippen LogP contribution in [0.1, 0.15) is 6.92 Å². The predicted octanol–water partition coefficient (Wildman–Crippen LogP) is 1.97.